The van der Waals surface area contributed by atoms with Crippen molar-refractivity contribution in [2.75, 3.05) is 17.3 Å². The molecule has 0 bridgehead atoms. The van der Waals surface area contributed by atoms with Crippen molar-refractivity contribution in [1.82, 2.24) is 30.1 Å². The van der Waals surface area contributed by atoms with E-state index in [1.165, 1.54) is 18.4 Å². The van der Waals surface area contributed by atoms with Crippen LogP contribution >= 0.6 is 0 Å². The van der Waals surface area contributed by atoms with Crippen molar-refractivity contribution in [2.24, 2.45) is 5.92 Å². The number of aromatic amines is 2. The highest BCUT2D eigenvalue weighted by Gasteiger charge is 2.25. The van der Waals surface area contributed by atoms with Gasteiger partial charge in [-0.15, -0.1) is 0 Å². The fourth-order valence-electron chi connectivity index (χ4n) is 5.51. The minimum Gasteiger partial charge on any atom is -0.338 e. The molecule has 222 valence electrons. The number of aryl methyl sites for hydroxylation is 1. The quantitative estimate of drug-likeness (QED) is 0.201. The summed E-state index contributed by atoms with van der Waals surface area (Å²) in [6, 6.07) is 12.2. The van der Waals surface area contributed by atoms with Gasteiger partial charge in [0.25, 0.3) is 0 Å². The Balaban J connectivity index is 1.23. The minimum absolute atomic E-state index is 0.0241. The van der Waals surface area contributed by atoms with Gasteiger partial charge in [0.2, 0.25) is 5.91 Å². The van der Waals surface area contributed by atoms with E-state index >= 15 is 0 Å². The number of fused-ring (bicyclic) bond motifs is 2. The summed E-state index contributed by atoms with van der Waals surface area (Å²) in [5, 5.41) is 12.0. The molecule has 1 aromatic carbocycles. The van der Waals surface area contributed by atoms with E-state index in [-0.39, 0.29) is 24.0 Å². The molecule has 5 heterocycles. The second-order valence-electron chi connectivity index (χ2n) is 11.3. The molecule has 6 aromatic rings. The fraction of sp³-hybridized carbons (Fsp3) is 0.219. The highest BCUT2D eigenvalue weighted by atomic mass is 32.2. The lowest BCUT2D eigenvalue weighted by Gasteiger charge is -2.24. The molecule has 1 aliphatic rings. The predicted molar refractivity (Wildman–Crippen MR) is 167 cm³/mol. The number of carbonyl (C=O) groups is 1. The number of hydrogen-bond acceptors (Lipinski definition) is 7. The van der Waals surface area contributed by atoms with E-state index in [0.717, 1.165) is 52.4 Å². The molecule has 44 heavy (non-hydrogen) atoms. The topological polar surface area (TPSA) is 146 Å². The lowest BCUT2D eigenvalue weighted by Crippen LogP contribution is -2.28. The number of carbonyl (C=O) groups excluding carboxylic acids is 1. The normalized spacial score (nSPS) is 13.8. The second kappa shape index (κ2) is 10.9. The van der Waals surface area contributed by atoms with Gasteiger partial charge in [-0.05, 0) is 72.4 Å². The summed E-state index contributed by atoms with van der Waals surface area (Å²) in [6.07, 6.45) is 11.0. The standard InChI is InChI=1S/C32H28FN7O3S/c1-44(42,43)8-6-18-9-20(11-23(33)10-18)25-5-7-35-30-26(25)14-28(38-30)29-27-13-22(16-36-31(27)40-39-29)21-12-24(17-34-15-21)37-32(41)19-3-2-4-19/h5,7,9-17,19H,2-4,6,8H2,1H3,(H,35,38)(H,37,41)(H,36,39,40). The van der Waals surface area contributed by atoms with Gasteiger partial charge in [0.15, 0.2) is 5.65 Å². The number of nitrogens with one attached hydrogen (secondary N) is 3. The van der Waals surface area contributed by atoms with Crippen LogP contribution in [0.4, 0.5) is 10.1 Å². The van der Waals surface area contributed by atoms with Gasteiger partial charge >= 0.3 is 0 Å². The Hall–Kier alpha value is -4.97. The molecular formula is C32H28FN7O3S. The van der Waals surface area contributed by atoms with Gasteiger partial charge in [-0.25, -0.2) is 22.8 Å². The van der Waals surface area contributed by atoms with Crippen LogP contribution in [0.1, 0.15) is 24.8 Å². The molecule has 0 unspecified atom stereocenters. The van der Waals surface area contributed by atoms with Gasteiger partial charge in [0, 0.05) is 52.7 Å². The van der Waals surface area contributed by atoms with E-state index in [2.05, 4.69) is 35.5 Å². The third-order valence-corrected chi connectivity index (χ3v) is 9.00. The maximum atomic E-state index is 14.6. The van der Waals surface area contributed by atoms with E-state index < -0.39 is 15.7 Å². The number of aromatic nitrogens is 6. The molecular weight excluding hydrogens is 581 g/mol. The Kier molecular flexibility index (Phi) is 6.92. The number of nitrogens with zero attached hydrogens (tertiary/aromatic N) is 4. The van der Waals surface area contributed by atoms with Gasteiger partial charge in [0.1, 0.15) is 21.3 Å². The highest BCUT2D eigenvalue weighted by molar-refractivity contribution is 7.90. The molecule has 1 fully saturated rings. The van der Waals surface area contributed by atoms with Crippen molar-refractivity contribution in [2.45, 2.75) is 25.7 Å². The van der Waals surface area contributed by atoms with Crippen LogP contribution in [0.15, 0.2) is 67.3 Å². The first kappa shape index (κ1) is 27.8. The van der Waals surface area contributed by atoms with Gasteiger partial charge in [-0.1, -0.05) is 12.5 Å². The van der Waals surface area contributed by atoms with Gasteiger partial charge in [-0.2, -0.15) is 5.10 Å². The summed E-state index contributed by atoms with van der Waals surface area (Å²) in [5.74, 6) is -0.407. The summed E-state index contributed by atoms with van der Waals surface area (Å²) >= 11 is 0. The molecule has 3 N–H and O–H groups in total. The number of H-pyrrole nitrogens is 2. The van der Waals surface area contributed by atoms with Crippen LogP contribution in [0.5, 0.6) is 0 Å². The molecule has 1 aliphatic carbocycles. The largest absolute Gasteiger partial charge is 0.338 e. The number of anilines is 1. The highest BCUT2D eigenvalue weighted by Crippen LogP contribution is 2.35. The number of rotatable bonds is 8. The fourth-order valence-corrected chi connectivity index (χ4v) is 6.12. The molecule has 0 atom stereocenters. The van der Waals surface area contributed by atoms with Crippen molar-refractivity contribution in [3.63, 3.8) is 0 Å². The SMILES string of the molecule is CS(=O)(=O)CCc1cc(F)cc(-c2ccnc3[nH]c(-c4[nH]nc5ncc(-c6cncc(NC(=O)C7CCC7)c6)cc45)cc23)c1. The summed E-state index contributed by atoms with van der Waals surface area (Å²) in [5.41, 5.74) is 6.78. The predicted octanol–water partition coefficient (Wildman–Crippen LogP) is 5.70. The van der Waals surface area contributed by atoms with Crippen molar-refractivity contribution >= 4 is 43.5 Å². The van der Waals surface area contributed by atoms with Crippen LogP contribution < -0.4 is 5.32 Å². The van der Waals surface area contributed by atoms with E-state index in [1.807, 2.05) is 30.3 Å². The Labute approximate surface area is 252 Å². The number of amides is 1. The van der Waals surface area contributed by atoms with Crippen LogP contribution in [0.2, 0.25) is 0 Å². The minimum atomic E-state index is -3.19. The molecule has 0 aliphatic heterocycles. The maximum Gasteiger partial charge on any atom is 0.227 e. The zero-order valence-corrected chi connectivity index (χ0v) is 24.6. The lowest BCUT2D eigenvalue weighted by atomic mass is 9.85. The Morgan fingerprint density at radius 1 is 1.00 bits per heavy atom. The van der Waals surface area contributed by atoms with E-state index in [9.17, 15) is 17.6 Å². The third-order valence-electron chi connectivity index (χ3n) is 8.06. The Morgan fingerprint density at radius 3 is 2.64 bits per heavy atom. The number of benzene rings is 1. The number of halogens is 1. The molecule has 5 aromatic heterocycles. The van der Waals surface area contributed by atoms with Crippen LogP contribution in [0.25, 0.3) is 55.7 Å². The Bertz CT molecular complexity index is 2170. The second-order valence-corrected chi connectivity index (χ2v) is 13.6. The lowest BCUT2D eigenvalue weighted by molar-refractivity contribution is -0.122. The first-order chi connectivity index (χ1) is 21.2. The molecule has 12 heteroatoms. The number of sulfone groups is 1. The third kappa shape index (κ3) is 5.55. The van der Waals surface area contributed by atoms with Gasteiger partial charge < -0.3 is 10.3 Å². The molecule has 7 rings (SSSR count). The molecule has 10 nitrogen and oxygen atoms in total. The van der Waals surface area contributed by atoms with E-state index in [0.29, 0.717) is 33.8 Å². The Morgan fingerprint density at radius 2 is 1.84 bits per heavy atom. The first-order valence-corrected chi connectivity index (χ1v) is 16.3. The number of hydrogen-bond donors (Lipinski definition) is 3. The van der Waals surface area contributed by atoms with Gasteiger partial charge in [-0.3, -0.25) is 14.9 Å². The molecule has 0 radical (unpaired) electrons. The molecule has 0 spiro atoms. The first-order valence-electron chi connectivity index (χ1n) is 14.3. The average molecular weight is 610 g/mol. The van der Waals surface area contributed by atoms with Crippen molar-refractivity contribution in [3.8, 4) is 33.6 Å². The van der Waals surface area contributed by atoms with Crippen LogP contribution in [-0.4, -0.2) is 56.5 Å². The zero-order valence-electron chi connectivity index (χ0n) is 23.8. The zero-order chi connectivity index (χ0) is 30.4. The van der Waals surface area contributed by atoms with E-state index in [1.54, 1.807) is 24.8 Å². The molecule has 1 saturated carbocycles. The summed E-state index contributed by atoms with van der Waals surface area (Å²) in [4.78, 5) is 29.2. The smallest absolute Gasteiger partial charge is 0.227 e. The van der Waals surface area contributed by atoms with Crippen molar-refractivity contribution in [1.29, 1.82) is 0 Å². The molecule has 1 amide bonds. The van der Waals surface area contributed by atoms with Crippen molar-refractivity contribution in [3.05, 3.63) is 78.6 Å². The van der Waals surface area contributed by atoms with E-state index in [4.69, 9.17) is 0 Å². The summed E-state index contributed by atoms with van der Waals surface area (Å²) < 4.78 is 38.0. The molecule has 0 saturated heterocycles. The monoisotopic (exact) mass is 609 g/mol. The van der Waals surface area contributed by atoms with Gasteiger partial charge in [0.05, 0.1) is 29.0 Å². The summed E-state index contributed by atoms with van der Waals surface area (Å²) in [7, 11) is -3.19. The van der Waals surface area contributed by atoms with Crippen LogP contribution in [0.3, 0.4) is 0 Å². The maximum absolute atomic E-state index is 14.6. The number of pyridine rings is 3. The summed E-state index contributed by atoms with van der Waals surface area (Å²) in [6.45, 7) is 0. The average Bonchev–Trinajstić information content (AvgIpc) is 3.58. The van der Waals surface area contributed by atoms with Crippen molar-refractivity contribution < 1.29 is 17.6 Å². The van der Waals surface area contributed by atoms with Crippen LogP contribution in [-0.2, 0) is 21.1 Å². The van der Waals surface area contributed by atoms with Crippen LogP contribution in [0, 0.1) is 11.7 Å².